The summed E-state index contributed by atoms with van der Waals surface area (Å²) in [6.45, 7) is 8.76. The number of piperazine rings is 1. The lowest BCUT2D eigenvalue weighted by atomic mass is 9.92. The van der Waals surface area contributed by atoms with Crippen LogP contribution in [0.3, 0.4) is 0 Å². The molecular weight excluding hydrogens is 398 g/mol. The number of quaternary nitrogens is 1. The third-order valence-corrected chi connectivity index (χ3v) is 8.32. The average Bonchev–Trinajstić information content (AvgIpc) is 2.72. The molecule has 1 N–H and O–H groups in total. The number of likely N-dealkylation sites (tertiary alicyclic amines) is 1. The first-order valence-corrected chi connectivity index (χ1v) is 12.4. The lowest BCUT2D eigenvalue weighted by molar-refractivity contribution is -0.904. The van der Waals surface area contributed by atoms with Crippen LogP contribution in [0.2, 0.25) is 0 Å². The molecule has 0 unspecified atom stereocenters. The van der Waals surface area contributed by atoms with Gasteiger partial charge in [0.15, 0.2) is 6.54 Å². The highest BCUT2D eigenvalue weighted by atomic mass is 32.2. The number of rotatable bonds is 4. The standard InChI is InChI=1S/C23H31N3O3S/c1-18-13-19(2)16-24(15-18)17-23(27)25-9-11-26(12-10-25)30(28,29)22-8-7-20-5-3-4-6-21(20)14-22/h3-8,14,18-19H,9-13,15-17H2,1-2H3/p+1/t18-,19-/m0/s1. The van der Waals surface area contributed by atoms with Crippen LogP contribution >= 0.6 is 0 Å². The van der Waals surface area contributed by atoms with E-state index in [9.17, 15) is 13.2 Å². The molecule has 2 aliphatic rings. The minimum atomic E-state index is -3.55. The number of piperidine rings is 1. The maximum absolute atomic E-state index is 13.1. The Morgan fingerprint density at radius 3 is 2.27 bits per heavy atom. The first-order valence-electron chi connectivity index (χ1n) is 10.9. The van der Waals surface area contributed by atoms with E-state index < -0.39 is 10.0 Å². The molecule has 162 valence electrons. The summed E-state index contributed by atoms with van der Waals surface area (Å²) in [6, 6.07) is 13.0. The number of fused-ring (bicyclic) bond motifs is 1. The Balaban J connectivity index is 1.37. The Morgan fingerprint density at radius 2 is 1.60 bits per heavy atom. The molecule has 30 heavy (non-hydrogen) atoms. The van der Waals surface area contributed by atoms with E-state index in [1.165, 1.54) is 15.6 Å². The van der Waals surface area contributed by atoms with Crippen molar-refractivity contribution in [2.24, 2.45) is 11.8 Å². The SMILES string of the molecule is C[C@H]1C[C@H](C)C[NH+](CC(=O)N2CCN(S(=O)(=O)c3ccc4ccccc4c3)CC2)C1. The predicted octanol–water partition coefficient (Wildman–Crippen LogP) is 1.23. The van der Waals surface area contributed by atoms with Crippen molar-refractivity contribution in [3.8, 4) is 0 Å². The fourth-order valence-corrected chi connectivity index (χ4v) is 6.51. The molecule has 2 heterocycles. The lowest BCUT2D eigenvalue weighted by Gasteiger charge is -2.36. The maximum Gasteiger partial charge on any atom is 0.277 e. The van der Waals surface area contributed by atoms with Crippen molar-refractivity contribution in [1.82, 2.24) is 9.21 Å². The van der Waals surface area contributed by atoms with Crippen LogP contribution in [0.25, 0.3) is 10.8 Å². The first-order chi connectivity index (χ1) is 14.3. The number of hydrogen-bond donors (Lipinski definition) is 1. The van der Waals surface area contributed by atoms with Crippen molar-refractivity contribution >= 4 is 26.7 Å². The smallest absolute Gasteiger partial charge is 0.277 e. The molecule has 2 aliphatic heterocycles. The summed E-state index contributed by atoms with van der Waals surface area (Å²) in [5.74, 6) is 1.45. The van der Waals surface area contributed by atoms with Crippen LogP contribution < -0.4 is 4.90 Å². The molecule has 0 aliphatic carbocycles. The normalized spacial score (nSPS) is 26.1. The van der Waals surface area contributed by atoms with Crippen molar-refractivity contribution < 1.29 is 18.1 Å². The molecule has 1 amide bonds. The van der Waals surface area contributed by atoms with E-state index in [1.54, 1.807) is 12.1 Å². The van der Waals surface area contributed by atoms with E-state index in [0.29, 0.717) is 49.5 Å². The highest BCUT2D eigenvalue weighted by Gasteiger charge is 2.33. The number of amides is 1. The molecule has 2 aromatic carbocycles. The minimum Gasteiger partial charge on any atom is -0.335 e. The lowest BCUT2D eigenvalue weighted by Crippen LogP contribution is -3.15. The molecule has 0 radical (unpaired) electrons. The highest BCUT2D eigenvalue weighted by molar-refractivity contribution is 7.89. The second kappa shape index (κ2) is 8.65. The van der Waals surface area contributed by atoms with E-state index in [0.717, 1.165) is 23.9 Å². The fraction of sp³-hybridized carbons (Fsp3) is 0.522. The van der Waals surface area contributed by atoms with Gasteiger partial charge in [-0.1, -0.05) is 44.2 Å². The summed E-state index contributed by atoms with van der Waals surface area (Å²) in [7, 11) is -3.55. The number of hydrogen-bond acceptors (Lipinski definition) is 3. The van der Waals surface area contributed by atoms with Crippen LogP contribution in [0.5, 0.6) is 0 Å². The number of sulfonamides is 1. The molecule has 6 nitrogen and oxygen atoms in total. The van der Waals surface area contributed by atoms with Gasteiger partial charge in [-0.15, -0.1) is 0 Å². The van der Waals surface area contributed by atoms with E-state index in [-0.39, 0.29) is 5.91 Å². The summed E-state index contributed by atoms with van der Waals surface area (Å²) in [5, 5.41) is 1.94. The number of nitrogens with zero attached hydrogens (tertiary/aromatic N) is 2. The molecule has 4 rings (SSSR count). The van der Waals surface area contributed by atoms with Crippen LogP contribution in [0, 0.1) is 11.8 Å². The van der Waals surface area contributed by atoms with Gasteiger partial charge in [-0.05, 0) is 29.3 Å². The molecule has 2 atom stereocenters. The third kappa shape index (κ3) is 4.53. The molecule has 0 spiro atoms. The van der Waals surface area contributed by atoms with Gasteiger partial charge in [0.25, 0.3) is 5.91 Å². The van der Waals surface area contributed by atoms with E-state index in [4.69, 9.17) is 0 Å². The molecule has 2 saturated heterocycles. The van der Waals surface area contributed by atoms with Gasteiger partial charge >= 0.3 is 0 Å². The van der Waals surface area contributed by atoms with Crippen LogP contribution in [-0.4, -0.2) is 69.3 Å². The van der Waals surface area contributed by atoms with Crippen molar-refractivity contribution in [3.05, 3.63) is 42.5 Å². The Labute approximate surface area is 179 Å². The highest BCUT2D eigenvalue weighted by Crippen LogP contribution is 2.23. The fourth-order valence-electron chi connectivity index (χ4n) is 5.05. The number of nitrogens with one attached hydrogen (secondary N) is 1. The molecule has 0 bridgehead atoms. The van der Waals surface area contributed by atoms with Crippen LogP contribution in [-0.2, 0) is 14.8 Å². The first kappa shape index (κ1) is 21.3. The van der Waals surface area contributed by atoms with E-state index >= 15 is 0 Å². The molecule has 2 aromatic rings. The van der Waals surface area contributed by atoms with Crippen LogP contribution in [0.1, 0.15) is 20.3 Å². The second-order valence-corrected chi connectivity index (χ2v) is 11.0. The van der Waals surface area contributed by atoms with Gasteiger partial charge in [-0.2, -0.15) is 4.31 Å². The van der Waals surface area contributed by atoms with E-state index in [1.807, 2.05) is 35.2 Å². The third-order valence-electron chi connectivity index (χ3n) is 6.43. The van der Waals surface area contributed by atoms with Gasteiger partial charge in [-0.3, -0.25) is 4.79 Å². The summed E-state index contributed by atoms with van der Waals surface area (Å²) < 4.78 is 27.7. The Bertz CT molecular complexity index is 1010. The zero-order valence-corrected chi connectivity index (χ0v) is 18.7. The van der Waals surface area contributed by atoms with Crippen molar-refractivity contribution in [2.45, 2.75) is 25.2 Å². The number of benzene rings is 2. The van der Waals surface area contributed by atoms with E-state index in [2.05, 4.69) is 13.8 Å². The Hall–Kier alpha value is -1.96. The van der Waals surface area contributed by atoms with Gasteiger partial charge in [0.05, 0.1) is 18.0 Å². The molecular formula is C23H32N3O3S+. The largest absolute Gasteiger partial charge is 0.335 e. The van der Waals surface area contributed by atoms with Crippen molar-refractivity contribution in [2.75, 3.05) is 45.8 Å². The summed E-state index contributed by atoms with van der Waals surface area (Å²) in [4.78, 5) is 16.3. The topological polar surface area (TPSA) is 62.1 Å². The van der Waals surface area contributed by atoms with Gasteiger partial charge in [0, 0.05) is 38.0 Å². The van der Waals surface area contributed by atoms with Crippen molar-refractivity contribution in [1.29, 1.82) is 0 Å². The quantitative estimate of drug-likeness (QED) is 0.794. The Kier molecular flexibility index (Phi) is 6.14. The monoisotopic (exact) mass is 430 g/mol. The predicted molar refractivity (Wildman–Crippen MR) is 118 cm³/mol. The van der Waals surface area contributed by atoms with Gasteiger partial charge in [0.2, 0.25) is 10.0 Å². The zero-order chi connectivity index (χ0) is 21.3. The second-order valence-electron chi connectivity index (χ2n) is 9.07. The van der Waals surface area contributed by atoms with Gasteiger partial charge in [0.1, 0.15) is 0 Å². The van der Waals surface area contributed by atoms with Gasteiger partial charge < -0.3 is 9.80 Å². The summed E-state index contributed by atoms with van der Waals surface area (Å²) in [6.07, 6.45) is 1.24. The number of carbonyl (C=O) groups excluding carboxylic acids is 1. The zero-order valence-electron chi connectivity index (χ0n) is 17.9. The summed E-state index contributed by atoms with van der Waals surface area (Å²) in [5.41, 5.74) is 0. The minimum absolute atomic E-state index is 0.147. The maximum atomic E-state index is 13.1. The summed E-state index contributed by atoms with van der Waals surface area (Å²) >= 11 is 0. The molecule has 0 saturated carbocycles. The van der Waals surface area contributed by atoms with Crippen LogP contribution in [0.15, 0.2) is 47.4 Å². The number of carbonyl (C=O) groups is 1. The Morgan fingerprint density at radius 1 is 0.967 bits per heavy atom. The van der Waals surface area contributed by atoms with Crippen molar-refractivity contribution in [3.63, 3.8) is 0 Å². The average molecular weight is 431 g/mol. The molecule has 0 aromatic heterocycles. The van der Waals surface area contributed by atoms with Gasteiger partial charge in [-0.25, -0.2) is 8.42 Å². The molecule has 2 fully saturated rings. The molecule has 7 heteroatoms. The van der Waals surface area contributed by atoms with Crippen LogP contribution in [0.4, 0.5) is 0 Å².